The highest BCUT2D eigenvalue weighted by atomic mass is 79.9. The van der Waals surface area contributed by atoms with Gasteiger partial charge in [-0.1, -0.05) is 40.1 Å². The van der Waals surface area contributed by atoms with E-state index in [1.807, 2.05) is 37.3 Å². The SMILES string of the molecule is CCC(O)c1noc(-c2ccc3cc(Br)ccc3c2)n1. The summed E-state index contributed by atoms with van der Waals surface area (Å²) < 4.78 is 6.26. The number of hydrogen-bond donors (Lipinski definition) is 1. The van der Waals surface area contributed by atoms with Crippen molar-refractivity contribution in [2.75, 3.05) is 0 Å². The molecule has 1 N–H and O–H groups in total. The largest absolute Gasteiger partial charge is 0.385 e. The molecule has 1 heterocycles. The minimum atomic E-state index is -0.677. The highest BCUT2D eigenvalue weighted by Gasteiger charge is 2.14. The highest BCUT2D eigenvalue weighted by Crippen LogP contribution is 2.26. The summed E-state index contributed by atoms with van der Waals surface area (Å²) in [6, 6.07) is 12.0. The maximum absolute atomic E-state index is 9.70. The molecule has 0 aliphatic heterocycles. The first-order valence-corrected chi connectivity index (χ1v) is 7.18. The fourth-order valence-corrected chi connectivity index (χ4v) is 2.40. The predicted octanol–water partition coefficient (Wildman–Crippen LogP) is 4.10. The molecule has 1 atom stereocenters. The zero-order chi connectivity index (χ0) is 14.1. The van der Waals surface area contributed by atoms with Gasteiger partial charge in [0.1, 0.15) is 6.10 Å². The van der Waals surface area contributed by atoms with Crippen LogP contribution in [0.5, 0.6) is 0 Å². The second-order valence-corrected chi connectivity index (χ2v) is 5.50. The van der Waals surface area contributed by atoms with Crippen molar-refractivity contribution in [1.82, 2.24) is 10.1 Å². The van der Waals surface area contributed by atoms with Crippen LogP contribution in [0.2, 0.25) is 0 Å². The van der Waals surface area contributed by atoms with E-state index in [-0.39, 0.29) is 0 Å². The molecule has 0 saturated heterocycles. The summed E-state index contributed by atoms with van der Waals surface area (Å²) in [4.78, 5) is 4.24. The molecule has 0 aliphatic carbocycles. The van der Waals surface area contributed by atoms with Crippen LogP contribution in [0.15, 0.2) is 45.4 Å². The van der Waals surface area contributed by atoms with E-state index >= 15 is 0 Å². The monoisotopic (exact) mass is 332 g/mol. The Labute approximate surface area is 124 Å². The zero-order valence-electron chi connectivity index (χ0n) is 10.9. The minimum Gasteiger partial charge on any atom is -0.385 e. The quantitative estimate of drug-likeness (QED) is 0.784. The third kappa shape index (κ3) is 2.46. The summed E-state index contributed by atoms with van der Waals surface area (Å²) in [6.07, 6.45) is -0.117. The number of halogens is 1. The van der Waals surface area contributed by atoms with E-state index in [9.17, 15) is 5.11 Å². The summed E-state index contributed by atoms with van der Waals surface area (Å²) in [5.74, 6) is 0.760. The van der Waals surface area contributed by atoms with E-state index in [4.69, 9.17) is 4.52 Å². The van der Waals surface area contributed by atoms with Crippen molar-refractivity contribution in [3.63, 3.8) is 0 Å². The number of aromatic nitrogens is 2. The number of benzene rings is 2. The van der Waals surface area contributed by atoms with Gasteiger partial charge in [-0.3, -0.25) is 0 Å². The van der Waals surface area contributed by atoms with Crippen molar-refractivity contribution in [3.8, 4) is 11.5 Å². The van der Waals surface area contributed by atoms with Gasteiger partial charge in [0, 0.05) is 10.0 Å². The molecule has 0 bridgehead atoms. The molecule has 3 aromatic rings. The van der Waals surface area contributed by atoms with E-state index in [1.165, 1.54) is 0 Å². The summed E-state index contributed by atoms with van der Waals surface area (Å²) in [7, 11) is 0. The molecule has 0 fully saturated rings. The second kappa shape index (κ2) is 5.34. The zero-order valence-corrected chi connectivity index (χ0v) is 12.5. The Bertz CT molecular complexity index is 754. The minimum absolute atomic E-state index is 0.332. The number of aliphatic hydroxyl groups excluding tert-OH is 1. The lowest BCUT2D eigenvalue weighted by Crippen LogP contribution is -1.97. The van der Waals surface area contributed by atoms with Gasteiger partial charge in [0.25, 0.3) is 5.89 Å². The van der Waals surface area contributed by atoms with E-state index in [0.29, 0.717) is 18.1 Å². The third-order valence-electron chi connectivity index (χ3n) is 3.18. The first-order valence-electron chi connectivity index (χ1n) is 6.38. The Morgan fingerprint density at radius 1 is 1.20 bits per heavy atom. The maximum Gasteiger partial charge on any atom is 0.258 e. The molecule has 102 valence electrons. The van der Waals surface area contributed by atoms with Gasteiger partial charge in [-0.15, -0.1) is 0 Å². The standard InChI is InChI=1S/C15H13BrN2O2/c1-2-13(19)14-17-15(20-18-14)11-4-3-10-8-12(16)6-5-9(10)7-11/h3-8,13,19H,2H2,1H3. The first kappa shape index (κ1) is 13.3. The van der Waals surface area contributed by atoms with Gasteiger partial charge in [0.05, 0.1) is 0 Å². The average molecular weight is 333 g/mol. The fraction of sp³-hybridized carbons (Fsp3) is 0.200. The Hall–Kier alpha value is -1.72. The Morgan fingerprint density at radius 2 is 1.95 bits per heavy atom. The molecule has 5 heteroatoms. The van der Waals surface area contributed by atoms with Gasteiger partial charge in [-0.2, -0.15) is 4.98 Å². The molecule has 1 unspecified atom stereocenters. The van der Waals surface area contributed by atoms with Crippen molar-refractivity contribution >= 4 is 26.7 Å². The van der Waals surface area contributed by atoms with Crippen LogP contribution in [0.25, 0.3) is 22.2 Å². The lowest BCUT2D eigenvalue weighted by atomic mass is 10.1. The van der Waals surface area contributed by atoms with Crippen molar-refractivity contribution in [1.29, 1.82) is 0 Å². The molecule has 0 amide bonds. The molecule has 0 aliphatic rings. The van der Waals surface area contributed by atoms with Crippen LogP contribution in [0.3, 0.4) is 0 Å². The normalized spacial score (nSPS) is 12.8. The summed E-state index contributed by atoms with van der Waals surface area (Å²) in [6.45, 7) is 1.87. The van der Waals surface area contributed by atoms with Crippen LogP contribution < -0.4 is 0 Å². The van der Waals surface area contributed by atoms with Crippen molar-refractivity contribution < 1.29 is 9.63 Å². The number of fused-ring (bicyclic) bond motifs is 1. The Kier molecular flexibility index (Phi) is 3.54. The van der Waals surface area contributed by atoms with Gasteiger partial charge in [-0.25, -0.2) is 0 Å². The molecule has 4 nitrogen and oxygen atoms in total. The van der Waals surface area contributed by atoms with E-state index < -0.39 is 6.10 Å². The van der Waals surface area contributed by atoms with Crippen molar-refractivity contribution in [2.24, 2.45) is 0 Å². The van der Waals surface area contributed by atoms with Crippen LogP contribution in [0.4, 0.5) is 0 Å². The van der Waals surface area contributed by atoms with Gasteiger partial charge in [0.2, 0.25) is 5.82 Å². The molecular formula is C15H13BrN2O2. The van der Waals surface area contributed by atoms with Crippen molar-refractivity contribution in [2.45, 2.75) is 19.4 Å². The number of aliphatic hydroxyl groups is 1. The van der Waals surface area contributed by atoms with Gasteiger partial charge < -0.3 is 9.63 Å². The van der Waals surface area contributed by atoms with Crippen LogP contribution in [-0.2, 0) is 0 Å². The second-order valence-electron chi connectivity index (χ2n) is 4.59. The molecular weight excluding hydrogens is 320 g/mol. The first-order chi connectivity index (χ1) is 9.67. The van der Waals surface area contributed by atoms with Crippen LogP contribution >= 0.6 is 15.9 Å². The number of hydrogen-bond acceptors (Lipinski definition) is 4. The van der Waals surface area contributed by atoms with Crippen LogP contribution in [0.1, 0.15) is 25.3 Å². The molecule has 20 heavy (non-hydrogen) atoms. The lowest BCUT2D eigenvalue weighted by molar-refractivity contribution is 0.159. The molecule has 2 aromatic carbocycles. The average Bonchev–Trinajstić information content (AvgIpc) is 2.95. The highest BCUT2D eigenvalue weighted by molar-refractivity contribution is 9.10. The number of nitrogens with zero attached hydrogens (tertiary/aromatic N) is 2. The predicted molar refractivity (Wildman–Crippen MR) is 80.2 cm³/mol. The van der Waals surface area contributed by atoms with Crippen LogP contribution in [-0.4, -0.2) is 15.2 Å². The Morgan fingerprint density at radius 3 is 2.75 bits per heavy atom. The fourth-order valence-electron chi connectivity index (χ4n) is 2.02. The molecule has 0 saturated carbocycles. The molecule has 0 spiro atoms. The van der Waals surface area contributed by atoms with Crippen molar-refractivity contribution in [3.05, 3.63) is 46.7 Å². The third-order valence-corrected chi connectivity index (χ3v) is 3.67. The summed E-state index contributed by atoms with van der Waals surface area (Å²) in [5, 5.41) is 15.7. The van der Waals surface area contributed by atoms with Crippen LogP contribution in [0, 0.1) is 0 Å². The van der Waals surface area contributed by atoms with Gasteiger partial charge >= 0.3 is 0 Å². The van der Waals surface area contributed by atoms with E-state index in [1.54, 1.807) is 0 Å². The Balaban J connectivity index is 2.01. The van der Waals surface area contributed by atoms with E-state index in [2.05, 4.69) is 32.1 Å². The number of rotatable bonds is 3. The topological polar surface area (TPSA) is 59.2 Å². The molecule has 0 radical (unpaired) electrons. The maximum atomic E-state index is 9.70. The molecule has 1 aromatic heterocycles. The van der Waals surface area contributed by atoms with Gasteiger partial charge in [0.15, 0.2) is 0 Å². The summed E-state index contributed by atoms with van der Waals surface area (Å²) >= 11 is 3.45. The summed E-state index contributed by atoms with van der Waals surface area (Å²) in [5.41, 5.74) is 0.849. The lowest BCUT2D eigenvalue weighted by Gasteiger charge is -2.01. The molecule has 3 rings (SSSR count). The van der Waals surface area contributed by atoms with Gasteiger partial charge in [-0.05, 0) is 41.5 Å². The van der Waals surface area contributed by atoms with E-state index in [0.717, 1.165) is 20.8 Å². The smallest absolute Gasteiger partial charge is 0.258 e.